The van der Waals surface area contributed by atoms with E-state index in [0.717, 1.165) is 22.4 Å². The molecule has 7 heteroatoms. The average molecular weight is 386 g/mol. The topological polar surface area (TPSA) is 78.3 Å². The van der Waals surface area contributed by atoms with Crippen LogP contribution in [-0.2, 0) is 6.54 Å². The van der Waals surface area contributed by atoms with E-state index in [1.807, 2.05) is 41.0 Å². The van der Waals surface area contributed by atoms with Crippen molar-refractivity contribution in [3.05, 3.63) is 78.2 Å². The molecule has 5 rings (SSSR count). The number of para-hydroxylation sites is 3. The lowest BCUT2D eigenvalue weighted by Crippen LogP contribution is -2.25. The molecule has 1 aliphatic rings. The Bertz CT molecular complexity index is 1180. The minimum Gasteiger partial charge on any atom is -0.486 e. The molecule has 0 saturated heterocycles. The van der Waals surface area contributed by atoms with Gasteiger partial charge in [0, 0.05) is 12.7 Å². The Kier molecular flexibility index (Phi) is 4.32. The second-order valence-corrected chi connectivity index (χ2v) is 6.64. The van der Waals surface area contributed by atoms with E-state index in [-0.39, 0.29) is 5.91 Å². The molecule has 3 heterocycles. The number of benzene rings is 2. The van der Waals surface area contributed by atoms with Crippen LogP contribution in [0.5, 0.6) is 11.5 Å². The lowest BCUT2D eigenvalue weighted by molar-refractivity contribution is 0.0939. The molecule has 2 aromatic heterocycles. The number of hydrogen-bond acceptors (Lipinski definition) is 5. The van der Waals surface area contributed by atoms with Gasteiger partial charge in [-0.25, -0.2) is 9.97 Å². The largest absolute Gasteiger partial charge is 0.486 e. The van der Waals surface area contributed by atoms with Crippen molar-refractivity contribution in [3.8, 4) is 17.3 Å². The number of hydrogen-bond donors (Lipinski definition) is 1. The van der Waals surface area contributed by atoms with E-state index in [1.165, 1.54) is 0 Å². The van der Waals surface area contributed by atoms with Gasteiger partial charge in [-0.3, -0.25) is 9.36 Å². The third-order valence-electron chi connectivity index (χ3n) is 4.77. The minimum atomic E-state index is -0.211. The van der Waals surface area contributed by atoms with Crippen molar-refractivity contribution in [1.29, 1.82) is 0 Å². The van der Waals surface area contributed by atoms with Gasteiger partial charge in [-0.05, 0) is 35.9 Å². The Morgan fingerprint density at radius 2 is 1.90 bits per heavy atom. The molecule has 1 amide bonds. The fraction of sp³-hybridized carbons (Fsp3) is 0.136. The average Bonchev–Trinajstić information content (AvgIpc) is 3.21. The number of ether oxygens (including phenoxy) is 2. The second kappa shape index (κ2) is 7.27. The van der Waals surface area contributed by atoms with Gasteiger partial charge >= 0.3 is 0 Å². The zero-order valence-corrected chi connectivity index (χ0v) is 15.5. The number of amides is 1. The predicted octanol–water partition coefficient (Wildman–Crippen LogP) is 3.12. The van der Waals surface area contributed by atoms with E-state index in [1.54, 1.807) is 30.7 Å². The van der Waals surface area contributed by atoms with Crippen molar-refractivity contribution in [2.24, 2.45) is 0 Å². The fourth-order valence-electron chi connectivity index (χ4n) is 3.34. The van der Waals surface area contributed by atoms with Crippen LogP contribution in [0.3, 0.4) is 0 Å². The van der Waals surface area contributed by atoms with E-state index in [0.29, 0.717) is 36.8 Å². The van der Waals surface area contributed by atoms with Crippen LogP contribution in [0.2, 0.25) is 0 Å². The van der Waals surface area contributed by atoms with Crippen molar-refractivity contribution >= 4 is 16.9 Å². The zero-order valence-electron chi connectivity index (χ0n) is 15.5. The van der Waals surface area contributed by atoms with Gasteiger partial charge in [0.25, 0.3) is 5.91 Å². The number of carbonyl (C=O) groups is 1. The highest BCUT2D eigenvalue weighted by molar-refractivity contribution is 5.97. The SMILES string of the molecule is O=C(NCc1ccc(-n2cnc3ccccc32)nc1)c1cccc2c1OCCO2. The molecule has 0 unspecified atom stereocenters. The van der Waals surface area contributed by atoms with E-state index < -0.39 is 0 Å². The van der Waals surface area contributed by atoms with Crippen LogP contribution in [-0.4, -0.2) is 33.7 Å². The van der Waals surface area contributed by atoms with Crippen LogP contribution < -0.4 is 14.8 Å². The summed E-state index contributed by atoms with van der Waals surface area (Å²) in [5.41, 5.74) is 3.28. The van der Waals surface area contributed by atoms with Gasteiger partial charge in [-0.2, -0.15) is 0 Å². The maximum Gasteiger partial charge on any atom is 0.255 e. The lowest BCUT2D eigenvalue weighted by Gasteiger charge is -2.20. The number of pyridine rings is 1. The molecule has 0 atom stereocenters. The van der Waals surface area contributed by atoms with Gasteiger partial charge in [0.15, 0.2) is 11.5 Å². The van der Waals surface area contributed by atoms with E-state index in [9.17, 15) is 4.79 Å². The predicted molar refractivity (Wildman–Crippen MR) is 107 cm³/mol. The Labute approximate surface area is 166 Å². The van der Waals surface area contributed by atoms with Gasteiger partial charge in [-0.1, -0.05) is 24.3 Å². The summed E-state index contributed by atoms with van der Waals surface area (Å²) in [5.74, 6) is 1.66. The van der Waals surface area contributed by atoms with Crippen LogP contribution >= 0.6 is 0 Å². The molecule has 0 aliphatic carbocycles. The van der Waals surface area contributed by atoms with Crippen LogP contribution in [0.15, 0.2) is 67.1 Å². The summed E-state index contributed by atoms with van der Waals surface area (Å²) in [4.78, 5) is 21.5. The third-order valence-corrected chi connectivity index (χ3v) is 4.77. The Morgan fingerprint density at radius 1 is 1.00 bits per heavy atom. The monoisotopic (exact) mass is 386 g/mol. The summed E-state index contributed by atoms with van der Waals surface area (Å²) in [5, 5.41) is 2.92. The minimum absolute atomic E-state index is 0.211. The van der Waals surface area contributed by atoms with Crippen LogP contribution in [0, 0.1) is 0 Å². The first-order chi connectivity index (χ1) is 14.3. The molecular formula is C22H18N4O3. The van der Waals surface area contributed by atoms with Crippen molar-refractivity contribution in [2.45, 2.75) is 6.54 Å². The molecule has 29 heavy (non-hydrogen) atoms. The molecule has 4 aromatic rings. The van der Waals surface area contributed by atoms with E-state index in [2.05, 4.69) is 15.3 Å². The van der Waals surface area contributed by atoms with Crippen molar-refractivity contribution in [3.63, 3.8) is 0 Å². The number of imidazole rings is 1. The Balaban J connectivity index is 1.30. The highest BCUT2D eigenvalue weighted by Gasteiger charge is 2.20. The van der Waals surface area contributed by atoms with Gasteiger partial charge in [0.2, 0.25) is 0 Å². The summed E-state index contributed by atoms with van der Waals surface area (Å²) >= 11 is 0. The Morgan fingerprint density at radius 3 is 2.79 bits per heavy atom. The van der Waals surface area contributed by atoms with Gasteiger partial charge in [-0.15, -0.1) is 0 Å². The third kappa shape index (κ3) is 3.27. The molecule has 0 bridgehead atoms. The number of carbonyl (C=O) groups excluding carboxylic acids is 1. The molecule has 0 spiro atoms. The second-order valence-electron chi connectivity index (χ2n) is 6.64. The van der Waals surface area contributed by atoms with Crippen molar-refractivity contribution in [2.75, 3.05) is 13.2 Å². The summed E-state index contributed by atoms with van der Waals surface area (Å²) in [7, 11) is 0. The first-order valence-corrected chi connectivity index (χ1v) is 9.34. The lowest BCUT2D eigenvalue weighted by atomic mass is 10.1. The molecule has 0 fully saturated rings. The maximum absolute atomic E-state index is 12.6. The van der Waals surface area contributed by atoms with Gasteiger partial charge in [0.1, 0.15) is 25.4 Å². The van der Waals surface area contributed by atoms with Crippen LogP contribution in [0.1, 0.15) is 15.9 Å². The van der Waals surface area contributed by atoms with Crippen LogP contribution in [0.4, 0.5) is 0 Å². The highest BCUT2D eigenvalue weighted by atomic mass is 16.6. The van der Waals surface area contributed by atoms with E-state index in [4.69, 9.17) is 9.47 Å². The van der Waals surface area contributed by atoms with Gasteiger partial charge in [0.05, 0.1) is 16.6 Å². The number of nitrogens with one attached hydrogen (secondary N) is 1. The molecule has 7 nitrogen and oxygen atoms in total. The summed E-state index contributed by atoms with van der Waals surface area (Å²) < 4.78 is 13.1. The number of fused-ring (bicyclic) bond motifs is 2. The summed E-state index contributed by atoms with van der Waals surface area (Å²) in [6.07, 6.45) is 3.51. The highest BCUT2D eigenvalue weighted by Crippen LogP contribution is 2.33. The summed E-state index contributed by atoms with van der Waals surface area (Å²) in [6, 6.07) is 17.1. The van der Waals surface area contributed by atoms with E-state index >= 15 is 0 Å². The number of rotatable bonds is 4. The van der Waals surface area contributed by atoms with Crippen molar-refractivity contribution < 1.29 is 14.3 Å². The van der Waals surface area contributed by atoms with Crippen LogP contribution in [0.25, 0.3) is 16.9 Å². The maximum atomic E-state index is 12.6. The quantitative estimate of drug-likeness (QED) is 0.583. The Hall–Kier alpha value is -3.87. The number of nitrogens with zero attached hydrogens (tertiary/aromatic N) is 3. The zero-order chi connectivity index (χ0) is 19.6. The normalized spacial score (nSPS) is 12.7. The molecule has 0 saturated carbocycles. The smallest absolute Gasteiger partial charge is 0.255 e. The molecule has 1 aliphatic heterocycles. The first kappa shape index (κ1) is 17.2. The van der Waals surface area contributed by atoms with Crippen molar-refractivity contribution in [1.82, 2.24) is 19.9 Å². The molecule has 0 radical (unpaired) electrons. The standard InChI is InChI=1S/C22H18N4O3/c27-22(16-4-3-7-19-21(16)29-11-10-28-19)24-13-15-8-9-20(23-12-15)26-14-25-17-5-1-2-6-18(17)26/h1-9,12,14H,10-11,13H2,(H,24,27). The summed E-state index contributed by atoms with van der Waals surface area (Å²) in [6.45, 7) is 1.29. The molecule has 2 aromatic carbocycles. The van der Waals surface area contributed by atoms with Gasteiger partial charge < -0.3 is 14.8 Å². The molecular weight excluding hydrogens is 368 g/mol. The molecule has 144 valence electrons. The number of aromatic nitrogens is 3. The molecule has 1 N–H and O–H groups in total. The fourth-order valence-corrected chi connectivity index (χ4v) is 3.34. The first-order valence-electron chi connectivity index (χ1n) is 9.34.